The van der Waals surface area contributed by atoms with Crippen molar-refractivity contribution in [1.29, 1.82) is 0 Å². The van der Waals surface area contributed by atoms with E-state index in [4.69, 9.17) is 9.47 Å². The smallest absolute Gasteiger partial charge is 0.177 e. The first-order chi connectivity index (χ1) is 9.67. The largest absolute Gasteiger partial charge is 0.493 e. The van der Waals surface area contributed by atoms with Gasteiger partial charge in [0.15, 0.2) is 17.3 Å². The molecule has 1 heterocycles. The lowest BCUT2D eigenvalue weighted by Crippen LogP contribution is -2.02. The van der Waals surface area contributed by atoms with Crippen LogP contribution in [0.15, 0.2) is 30.3 Å². The predicted molar refractivity (Wildman–Crippen MR) is 81.3 cm³/mol. The maximum absolute atomic E-state index is 12.2. The molecule has 0 N–H and O–H groups in total. The van der Waals surface area contributed by atoms with Gasteiger partial charge in [-0.05, 0) is 36.2 Å². The number of ether oxygens (including phenoxy) is 2. The zero-order valence-corrected chi connectivity index (χ0v) is 12.8. The zero-order valence-electron chi connectivity index (χ0n) is 11.9. The number of methoxy groups -OCH3 is 2. The van der Waals surface area contributed by atoms with Gasteiger partial charge < -0.3 is 9.47 Å². The van der Waals surface area contributed by atoms with E-state index >= 15 is 0 Å². The summed E-state index contributed by atoms with van der Waals surface area (Å²) in [5, 5.41) is 0. The van der Waals surface area contributed by atoms with Crippen molar-refractivity contribution in [2.45, 2.75) is 19.8 Å². The van der Waals surface area contributed by atoms with Gasteiger partial charge in [-0.2, -0.15) is 0 Å². The third kappa shape index (κ3) is 3.20. The Morgan fingerprint density at radius 3 is 2.45 bits per heavy atom. The minimum atomic E-state index is 0.141. The molecule has 0 bridgehead atoms. The average molecular weight is 290 g/mol. The van der Waals surface area contributed by atoms with Crippen LogP contribution >= 0.6 is 11.3 Å². The van der Waals surface area contributed by atoms with Gasteiger partial charge in [0.1, 0.15) is 0 Å². The van der Waals surface area contributed by atoms with Gasteiger partial charge in [0.05, 0.1) is 19.1 Å². The van der Waals surface area contributed by atoms with Crippen molar-refractivity contribution >= 4 is 17.1 Å². The number of Topliss-reactive ketones (excluding diaryl/α,β-unsaturated/α-hetero) is 1. The van der Waals surface area contributed by atoms with Gasteiger partial charge in [-0.3, -0.25) is 4.79 Å². The summed E-state index contributed by atoms with van der Waals surface area (Å²) in [6.45, 7) is 2.09. The minimum absolute atomic E-state index is 0.141. The van der Waals surface area contributed by atoms with Crippen LogP contribution in [0.2, 0.25) is 0 Å². The maximum atomic E-state index is 12.2. The monoisotopic (exact) mass is 290 g/mol. The van der Waals surface area contributed by atoms with Crippen molar-refractivity contribution in [3.63, 3.8) is 0 Å². The minimum Gasteiger partial charge on any atom is -0.493 e. The summed E-state index contributed by atoms with van der Waals surface area (Å²) in [5.41, 5.74) is 0.930. The molecule has 0 aliphatic heterocycles. The second-order valence-corrected chi connectivity index (χ2v) is 5.58. The molecule has 0 saturated carbocycles. The lowest BCUT2D eigenvalue weighted by atomic mass is 10.1. The molecular weight excluding hydrogens is 272 g/mol. The van der Waals surface area contributed by atoms with E-state index in [1.807, 2.05) is 30.3 Å². The van der Waals surface area contributed by atoms with Crippen LogP contribution in [0.4, 0.5) is 0 Å². The number of carbonyl (C=O) groups excluding carboxylic acids is 1. The molecular formula is C16H18O3S. The van der Waals surface area contributed by atoms with E-state index in [-0.39, 0.29) is 5.78 Å². The molecule has 2 rings (SSSR count). The van der Waals surface area contributed by atoms with Crippen molar-refractivity contribution < 1.29 is 14.3 Å². The normalized spacial score (nSPS) is 10.3. The standard InChI is InChI=1S/C16H18O3S/c1-4-12-6-8-16(20-12)13(17)9-11-5-7-14(18-2)15(10-11)19-3/h5-8,10H,4,9H2,1-3H3. The number of benzene rings is 1. The van der Waals surface area contributed by atoms with E-state index in [0.29, 0.717) is 17.9 Å². The fourth-order valence-corrected chi connectivity index (χ4v) is 2.87. The Kier molecular flexibility index (Phi) is 4.79. The lowest BCUT2D eigenvalue weighted by molar-refractivity contribution is 0.0997. The van der Waals surface area contributed by atoms with Gasteiger partial charge in [0.25, 0.3) is 0 Å². The molecule has 106 valence electrons. The van der Waals surface area contributed by atoms with E-state index in [2.05, 4.69) is 6.92 Å². The summed E-state index contributed by atoms with van der Waals surface area (Å²) in [4.78, 5) is 14.3. The molecule has 0 fully saturated rings. The Morgan fingerprint density at radius 2 is 1.85 bits per heavy atom. The zero-order chi connectivity index (χ0) is 14.5. The number of hydrogen-bond donors (Lipinski definition) is 0. The molecule has 0 atom stereocenters. The summed E-state index contributed by atoms with van der Waals surface area (Å²) in [5.74, 6) is 1.47. The van der Waals surface area contributed by atoms with Crippen LogP contribution < -0.4 is 9.47 Å². The summed E-state index contributed by atoms with van der Waals surface area (Å²) >= 11 is 1.57. The molecule has 20 heavy (non-hydrogen) atoms. The second-order valence-electron chi connectivity index (χ2n) is 4.41. The Bertz CT molecular complexity index is 602. The van der Waals surface area contributed by atoms with Crippen molar-refractivity contribution in [3.8, 4) is 11.5 Å². The van der Waals surface area contributed by atoms with Crippen LogP contribution in [0.3, 0.4) is 0 Å². The van der Waals surface area contributed by atoms with Crippen molar-refractivity contribution in [2.75, 3.05) is 14.2 Å². The van der Waals surface area contributed by atoms with Gasteiger partial charge in [0, 0.05) is 11.3 Å². The number of ketones is 1. The van der Waals surface area contributed by atoms with Crippen molar-refractivity contribution in [3.05, 3.63) is 45.6 Å². The quantitative estimate of drug-likeness (QED) is 0.760. The summed E-state index contributed by atoms with van der Waals surface area (Å²) in [6, 6.07) is 9.51. The number of hydrogen-bond acceptors (Lipinski definition) is 4. The summed E-state index contributed by atoms with van der Waals surface area (Å²) in [7, 11) is 3.19. The average Bonchev–Trinajstić information content (AvgIpc) is 2.96. The van der Waals surface area contributed by atoms with E-state index < -0.39 is 0 Å². The van der Waals surface area contributed by atoms with E-state index in [1.165, 1.54) is 4.88 Å². The lowest BCUT2D eigenvalue weighted by Gasteiger charge is -2.08. The number of rotatable bonds is 6. The Balaban J connectivity index is 2.15. The molecule has 0 unspecified atom stereocenters. The predicted octanol–water partition coefficient (Wildman–Crippen LogP) is 3.75. The molecule has 4 heteroatoms. The van der Waals surface area contributed by atoms with Crippen LogP contribution in [0.25, 0.3) is 0 Å². The van der Waals surface area contributed by atoms with Crippen LogP contribution in [0.5, 0.6) is 11.5 Å². The highest BCUT2D eigenvalue weighted by Crippen LogP contribution is 2.28. The molecule has 0 saturated heterocycles. The maximum Gasteiger partial charge on any atom is 0.177 e. The SMILES string of the molecule is CCc1ccc(C(=O)Cc2ccc(OC)c(OC)c2)s1. The summed E-state index contributed by atoms with van der Waals surface area (Å²) < 4.78 is 10.4. The molecule has 3 nitrogen and oxygen atoms in total. The second kappa shape index (κ2) is 6.57. The molecule has 2 aromatic rings. The highest BCUT2D eigenvalue weighted by atomic mass is 32.1. The summed E-state index contributed by atoms with van der Waals surface area (Å²) in [6.07, 6.45) is 1.35. The highest BCUT2D eigenvalue weighted by molar-refractivity contribution is 7.14. The van der Waals surface area contributed by atoms with Crippen molar-refractivity contribution in [1.82, 2.24) is 0 Å². The van der Waals surface area contributed by atoms with Gasteiger partial charge in [-0.15, -0.1) is 11.3 Å². The van der Waals surface area contributed by atoms with E-state index in [1.54, 1.807) is 25.6 Å². The molecule has 0 aliphatic carbocycles. The fourth-order valence-electron chi connectivity index (χ4n) is 1.98. The van der Waals surface area contributed by atoms with Gasteiger partial charge >= 0.3 is 0 Å². The Hall–Kier alpha value is -1.81. The molecule has 0 amide bonds. The van der Waals surface area contributed by atoms with E-state index in [9.17, 15) is 4.79 Å². The number of thiophene rings is 1. The first kappa shape index (κ1) is 14.6. The van der Waals surface area contributed by atoms with Gasteiger partial charge in [-0.1, -0.05) is 13.0 Å². The van der Waals surface area contributed by atoms with E-state index in [0.717, 1.165) is 16.9 Å². The fraction of sp³-hybridized carbons (Fsp3) is 0.312. The third-order valence-corrected chi connectivity index (χ3v) is 4.37. The van der Waals surface area contributed by atoms with Crippen LogP contribution in [-0.4, -0.2) is 20.0 Å². The number of aryl methyl sites for hydroxylation is 1. The first-order valence-electron chi connectivity index (χ1n) is 6.50. The van der Waals surface area contributed by atoms with Gasteiger partial charge in [-0.25, -0.2) is 0 Å². The van der Waals surface area contributed by atoms with Crippen LogP contribution in [0, 0.1) is 0 Å². The first-order valence-corrected chi connectivity index (χ1v) is 7.32. The number of carbonyl (C=O) groups is 1. The molecule has 0 aliphatic rings. The highest BCUT2D eigenvalue weighted by Gasteiger charge is 2.12. The van der Waals surface area contributed by atoms with Gasteiger partial charge in [0.2, 0.25) is 0 Å². The van der Waals surface area contributed by atoms with Crippen molar-refractivity contribution in [2.24, 2.45) is 0 Å². The third-order valence-electron chi connectivity index (χ3n) is 3.10. The molecule has 1 aromatic heterocycles. The molecule has 0 spiro atoms. The Morgan fingerprint density at radius 1 is 1.10 bits per heavy atom. The Labute approximate surface area is 123 Å². The molecule has 0 radical (unpaired) electrons. The van der Waals surface area contributed by atoms with Crippen LogP contribution in [0.1, 0.15) is 27.0 Å². The molecule has 1 aromatic carbocycles. The van der Waals surface area contributed by atoms with Crippen LogP contribution in [-0.2, 0) is 12.8 Å². The topological polar surface area (TPSA) is 35.5 Å².